The van der Waals surface area contributed by atoms with Gasteiger partial charge in [0.2, 0.25) is 0 Å². The van der Waals surface area contributed by atoms with Crippen LogP contribution in [0.1, 0.15) is 0 Å². The zero-order valence-corrected chi connectivity index (χ0v) is 8.97. The molecule has 2 aliphatic heterocycles. The smallest absolute Gasteiger partial charge is 0 e. The second-order valence-corrected chi connectivity index (χ2v) is 3.33. The summed E-state index contributed by atoms with van der Waals surface area (Å²) in [6.07, 6.45) is 0. The van der Waals surface area contributed by atoms with E-state index >= 15 is 0 Å². The van der Waals surface area contributed by atoms with Crippen molar-refractivity contribution < 1.29 is 20.4 Å². The van der Waals surface area contributed by atoms with Crippen LogP contribution in [0.4, 0.5) is 0 Å². The number of fused-ring (bicyclic) bond motifs is 1. The molecule has 0 amide bonds. The molecule has 2 aliphatic rings. The molecule has 3 heteroatoms. The molecule has 0 aromatic carbocycles. The van der Waals surface area contributed by atoms with E-state index in [9.17, 15) is 0 Å². The fraction of sp³-hybridized carbons (Fsp3) is 1.00. The second kappa shape index (κ2) is 3.32. The first-order valence-electron chi connectivity index (χ1n) is 3.68. The van der Waals surface area contributed by atoms with Crippen molar-refractivity contribution in [1.29, 1.82) is 0 Å². The summed E-state index contributed by atoms with van der Waals surface area (Å²) in [5.41, 5.74) is 0. The second-order valence-electron chi connectivity index (χ2n) is 3.33. The minimum Gasteiger partial charge on any atom is -0.662 e. The van der Waals surface area contributed by atoms with Crippen LogP contribution in [0, 0.1) is 11.8 Å². The first-order valence-corrected chi connectivity index (χ1v) is 3.68. The molecule has 2 unspecified atom stereocenters. The molecular weight excluding hydrogens is 298 g/mol. The van der Waals surface area contributed by atoms with Crippen molar-refractivity contribution in [2.24, 2.45) is 11.8 Å². The van der Waals surface area contributed by atoms with E-state index in [1.165, 1.54) is 13.1 Å². The Balaban J connectivity index is 0.000000500. The summed E-state index contributed by atoms with van der Waals surface area (Å²) < 4.78 is 0. The van der Waals surface area contributed by atoms with Crippen LogP contribution in [-0.2, 0) is 20.4 Å². The number of hydrogen-bond donors (Lipinski definition) is 0. The molecule has 0 N–H and O–H groups in total. The van der Waals surface area contributed by atoms with E-state index in [1.54, 1.807) is 0 Å². The van der Waals surface area contributed by atoms with E-state index < -0.39 is 0 Å². The molecule has 2 heterocycles. The molecular formula is C7H13N2Re-. The van der Waals surface area contributed by atoms with Gasteiger partial charge in [-0.15, -0.1) is 13.1 Å². The standard InChI is InChI=1S/C7H13N2.Re/c1-9-4-6-2-8-3-7(6)5-9;/h6-7H,2-5H2,1H3;/q-1;. The van der Waals surface area contributed by atoms with Crippen LogP contribution >= 0.6 is 0 Å². The molecule has 0 spiro atoms. The number of nitrogens with zero attached hydrogens (tertiary/aromatic N) is 2. The largest absolute Gasteiger partial charge is 0.662 e. The summed E-state index contributed by atoms with van der Waals surface area (Å²) in [6.45, 7) is 4.84. The van der Waals surface area contributed by atoms with Crippen LogP contribution < -0.4 is 0 Å². The molecule has 0 bridgehead atoms. The van der Waals surface area contributed by atoms with Crippen molar-refractivity contribution in [3.8, 4) is 0 Å². The maximum Gasteiger partial charge on any atom is 0 e. The van der Waals surface area contributed by atoms with Crippen LogP contribution in [-0.4, -0.2) is 38.1 Å². The van der Waals surface area contributed by atoms with Crippen molar-refractivity contribution >= 4 is 0 Å². The Labute approximate surface area is 76.0 Å². The molecule has 0 aromatic rings. The van der Waals surface area contributed by atoms with Crippen LogP contribution in [0.15, 0.2) is 0 Å². The van der Waals surface area contributed by atoms with E-state index in [0.717, 1.165) is 24.9 Å². The van der Waals surface area contributed by atoms with Crippen molar-refractivity contribution in [3.63, 3.8) is 0 Å². The SMILES string of the molecule is CN1CC2C[N-]CC2C1.[Re]. The van der Waals surface area contributed by atoms with Gasteiger partial charge in [0.1, 0.15) is 0 Å². The normalized spacial score (nSPS) is 39.3. The van der Waals surface area contributed by atoms with Gasteiger partial charge in [0, 0.05) is 20.4 Å². The van der Waals surface area contributed by atoms with Gasteiger partial charge in [-0.2, -0.15) is 0 Å². The molecule has 0 aromatic heterocycles. The Morgan fingerprint density at radius 2 is 1.70 bits per heavy atom. The summed E-state index contributed by atoms with van der Waals surface area (Å²) in [7, 11) is 2.21. The molecule has 59 valence electrons. The van der Waals surface area contributed by atoms with E-state index in [-0.39, 0.29) is 20.4 Å². The fourth-order valence-electron chi connectivity index (χ4n) is 1.99. The fourth-order valence-corrected chi connectivity index (χ4v) is 1.99. The van der Waals surface area contributed by atoms with Gasteiger partial charge >= 0.3 is 0 Å². The van der Waals surface area contributed by atoms with Gasteiger partial charge in [-0.3, -0.25) is 0 Å². The van der Waals surface area contributed by atoms with Crippen LogP contribution in [0.5, 0.6) is 0 Å². The molecule has 2 rings (SSSR count). The number of rotatable bonds is 0. The average Bonchev–Trinajstić information content (AvgIpc) is 2.22. The van der Waals surface area contributed by atoms with Gasteiger partial charge in [0.05, 0.1) is 0 Å². The van der Waals surface area contributed by atoms with Gasteiger partial charge < -0.3 is 10.2 Å². The molecule has 0 aliphatic carbocycles. The first-order chi connectivity index (χ1) is 4.36. The van der Waals surface area contributed by atoms with Gasteiger partial charge in [0.25, 0.3) is 0 Å². The molecule has 1 radical (unpaired) electrons. The zero-order valence-electron chi connectivity index (χ0n) is 6.26. The third-order valence-corrected chi connectivity index (χ3v) is 2.49. The van der Waals surface area contributed by atoms with Crippen molar-refractivity contribution in [2.75, 3.05) is 33.2 Å². The summed E-state index contributed by atoms with van der Waals surface area (Å²) in [4.78, 5) is 2.42. The Bertz CT molecular complexity index is 106. The molecule has 10 heavy (non-hydrogen) atoms. The van der Waals surface area contributed by atoms with E-state index in [4.69, 9.17) is 0 Å². The predicted molar refractivity (Wildman–Crippen MR) is 37.6 cm³/mol. The Kier molecular flexibility index (Phi) is 2.88. The van der Waals surface area contributed by atoms with Crippen LogP contribution in [0.3, 0.4) is 0 Å². The molecule has 2 fully saturated rings. The van der Waals surface area contributed by atoms with E-state index in [2.05, 4.69) is 17.3 Å². The monoisotopic (exact) mass is 312 g/mol. The minimum atomic E-state index is 0. The quantitative estimate of drug-likeness (QED) is 0.639. The van der Waals surface area contributed by atoms with Crippen molar-refractivity contribution in [3.05, 3.63) is 5.32 Å². The average molecular weight is 311 g/mol. The topological polar surface area (TPSA) is 17.3 Å². The third-order valence-electron chi connectivity index (χ3n) is 2.49. The maximum atomic E-state index is 4.38. The van der Waals surface area contributed by atoms with Gasteiger partial charge in [0.15, 0.2) is 0 Å². The van der Waals surface area contributed by atoms with Crippen LogP contribution in [0.2, 0.25) is 0 Å². The minimum absolute atomic E-state index is 0. The molecule has 2 saturated heterocycles. The molecule has 2 nitrogen and oxygen atoms in total. The summed E-state index contributed by atoms with van der Waals surface area (Å²) in [5.74, 6) is 1.82. The van der Waals surface area contributed by atoms with Gasteiger partial charge in [-0.05, 0) is 32.0 Å². The number of hydrogen-bond acceptors (Lipinski definition) is 1. The maximum absolute atomic E-state index is 4.38. The molecule has 0 saturated carbocycles. The Hall–Kier alpha value is 0.582. The molecule has 2 atom stereocenters. The Morgan fingerprint density at radius 3 is 2.20 bits per heavy atom. The van der Waals surface area contributed by atoms with E-state index in [0.29, 0.717) is 0 Å². The summed E-state index contributed by atoms with van der Waals surface area (Å²) in [6, 6.07) is 0. The van der Waals surface area contributed by atoms with Crippen molar-refractivity contribution in [2.45, 2.75) is 0 Å². The Morgan fingerprint density at radius 1 is 1.20 bits per heavy atom. The van der Waals surface area contributed by atoms with E-state index in [1.807, 2.05) is 0 Å². The third kappa shape index (κ3) is 1.43. The first kappa shape index (κ1) is 8.68. The zero-order chi connectivity index (χ0) is 6.27. The predicted octanol–water partition coefficient (Wildman–Crippen LogP) is 0.549. The van der Waals surface area contributed by atoms with Gasteiger partial charge in [-0.1, -0.05) is 0 Å². The number of likely N-dealkylation sites (tertiary alicyclic amines) is 1. The summed E-state index contributed by atoms with van der Waals surface area (Å²) >= 11 is 0. The van der Waals surface area contributed by atoms with Crippen LogP contribution in [0.25, 0.3) is 5.32 Å². The van der Waals surface area contributed by atoms with Crippen molar-refractivity contribution in [1.82, 2.24) is 4.90 Å². The summed E-state index contributed by atoms with van der Waals surface area (Å²) in [5, 5.41) is 4.38. The van der Waals surface area contributed by atoms with Gasteiger partial charge in [-0.25, -0.2) is 0 Å².